The summed E-state index contributed by atoms with van der Waals surface area (Å²) in [5.74, 6) is -0.194. The second-order valence-corrected chi connectivity index (χ2v) is 9.54. The van der Waals surface area contributed by atoms with Gasteiger partial charge in [-0.25, -0.2) is 0 Å². The topological polar surface area (TPSA) is 37.3 Å². The number of rotatable bonds is 3. The summed E-state index contributed by atoms with van der Waals surface area (Å²) in [6.07, 6.45) is 0. The van der Waals surface area contributed by atoms with Crippen molar-refractivity contribution in [2.24, 2.45) is 5.41 Å². The molecule has 5 rings (SSSR count). The van der Waals surface area contributed by atoms with Gasteiger partial charge in [-0.05, 0) is 45.5 Å². The molecule has 0 fully saturated rings. The van der Waals surface area contributed by atoms with E-state index in [0.29, 0.717) is 11.1 Å². The van der Waals surface area contributed by atoms with E-state index in [1.54, 1.807) is 0 Å². The van der Waals surface area contributed by atoms with Crippen LogP contribution in [0.5, 0.6) is 0 Å². The lowest BCUT2D eigenvalue weighted by Gasteiger charge is -2.31. The van der Waals surface area contributed by atoms with Crippen LogP contribution >= 0.6 is 0 Å². The molecule has 0 unspecified atom stereocenters. The minimum atomic E-state index is -1.70. The van der Waals surface area contributed by atoms with Gasteiger partial charge in [0.15, 0.2) is 11.4 Å². The zero-order chi connectivity index (χ0) is 22.5. The van der Waals surface area contributed by atoms with Crippen LogP contribution in [0.1, 0.15) is 31.9 Å². The fraction of sp³-hybridized carbons (Fsp3) is 0.167. The largest absolute Gasteiger partial charge is 0.373 e. The number of carbonyl (C=O) groups is 1. The van der Waals surface area contributed by atoms with Crippen LogP contribution in [0, 0.1) is 5.41 Å². The van der Waals surface area contributed by atoms with Crippen molar-refractivity contribution < 1.29 is 9.90 Å². The first-order valence-electron chi connectivity index (χ1n) is 11.0. The van der Waals surface area contributed by atoms with Crippen LogP contribution in [-0.4, -0.2) is 10.9 Å². The number of aliphatic hydroxyl groups is 1. The first kappa shape index (κ1) is 20.4. The summed E-state index contributed by atoms with van der Waals surface area (Å²) in [5, 5.41) is 12.2. The third-order valence-electron chi connectivity index (χ3n) is 6.33. The van der Waals surface area contributed by atoms with Gasteiger partial charge in [-0.2, -0.15) is 0 Å². The average Bonchev–Trinajstić information content (AvgIpc) is 3.07. The smallest absolute Gasteiger partial charge is 0.178 e. The van der Waals surface area contributed by atoms with Crippen LogP contribution in [0.2, 0.25) is 0 Å². The third kappa shape index (κ3) is 3.11. The molecule has 0 heterocycles. The highest BCUT2D eigenvalue weighted by Crippen LogP contribution is 2.52. The molecule has 0 spiro atoms. The number of ketones is 1. The van der Waals surface area contributed by atoms with Crippen LogP contribution in [0.4, 0.5) is 0 Å². The number of Topliss-reactive ketones (excluding diaryl/α,β-unsaturated/α-hetero) is 1. The summed E-state index contributed by atoms with van der Waals surface area (Å²) in [6.45, 7) is 5.60. The Morgan fingerprint density at radius 3 is 1.41 bits per heavy atom. The number of fused-ring (bicyclic) bond motifs is 3. The molecule has 1 aliphatic carbocycles. The zero-order valence-corrected chi connectivity index (χ0v) is 18.6. The molecule has 1 aliphatic rings. The van der Waals surface area contributed by atoms with Gasteiger partial charge in [0, 0.05) is 16.5 Å². The minimum Gasteiger partial charge on any atom is -0.373 e. The lowest BCUT2D eigenvalue weighted by molar-refractivity contribution is -0.142. The molecule has 0 bridgehead atoms. The molecule has 0 saturated heterocycles. The molecule has 1 N–H and O–H groups in total. The van der Waals surface area contributed by atoms with E-state index in [2.05, 4.69) is 12.1 Å². The van der Waals surface area contributed by atoms with Crippen LogP contribution in [0.25, 0.3) is 33.4 Å². The number of benzene rings is 4. The van der Waals surface area contributed by atoms with Gasteiger partial charge < -0.3 is 5.11 Å². The normalized spacial score (nSPS) is 14.0. The van der Waals surface area contributed by atoms with Gasteiger partial charge in [0.25, 0.3) is 0 Å². The first-order chi connectivity index (χ1) is 15.3. The Labute approximate surface area is 189 Å². The van der Waals surface area contributed by atoms with Crippen molar-refractivity contribution in [1.82, 2.24) is 0 Å². The lowest BCUT2D eigenvalue weighted by atomic mass is 9.75. The summed E-state index contributed by atoms with van der Waals surface area (Å²) in [4.78, 5) is 13.8. The second kappa shape index (κ2) is 7.29. The van der Waals surface area contributed by atoms with Crippen molar-refractivity contribution in [2.75, 3.05) is 0 Å². The summed E-state index contributed by atoms with van der Waals surface area (Å²) < 4.78 is 0. The summed E-state index contributed by atoms with van der Waals surface area (Å²) >= 11 is 0. The molecule has 4 aromatic carbocycles. The summed E-state index contributed by atoms with van der Waals surface area (Å²) in [5.41, 5.74) is 4.85. The molecule has 0 saturated carbocycles. The van der Waals surface area contributed by atoms with Crippen molar-refractivity contribution in [1.29, 1.82) is 0 Å². The minimum absolute atomic E-state index is 0.194. The maximum absolute atomic E-state index is 13.8. The molecule has 0 radical (unpaired) electrons. The molecule has 2 heteroatoms. The summed E-state index contributed by atoms with van der Waals surface area (Å²) in [6, 6.07) is 32.3. The molecular weight excluding hydrogens is 392 g/mol. The van der Waals surface area contributed by atoms with E-state index in [9.17, 15) is 9.90 Å². The van der Waals surface area contributed by atoms with Gasteiger partial charge in [-0.1, -0.05) is 106 Å². The molecule has 0 atom stereocenters. The monoisotopic (exact) mass is 418 g/mol. The molecular formula is C30H26O2. The van der Waals surface area contributed by atoms with Gasteiger partial charge in [0.2, 0.25) is 0 Å². The van der Waals surface area contributed by atoms with Crippen LogP contribution < -0.4 is 0 Å². The Hall–Kier alpha value is -3.49. The lowest BCUT2D eigenvalue weighted by Crippen LogP contribution is -2.42. The fourth-order valence-electron chi connectivity index (χ4n) is 4.71. The van der Waals surface area contributed by atoms with Crippen molar-refractivity contribution in [3.8, 4) is 33.4 Å². The van der Waals surface area contributed by atoms with E-state index in [-0.39, 0.29) is 5.78 Å². The quantitative estimate of drug-likeness (QED) is 0.395. The van der Waals surface area contributed by atoms with Crippen molar-refractivity contribution in [2.45, 2.75) is 26.4 Å². The molecule has 0 aliphatic heterocycles. The first-order valence-corrected chi connectivity index (χ1v) is 11.0. The summed E-state index contributed by atoms with van der Waals surface area (Å²) in [7, 11) is 0. The van der Waals surface area contributed by atoms with Crippen LogP contribution in [0.3, 0.4) is 0 Å². The number of hydrogen-bond donors (Lipinski definition) is 1. The predicted molar refractivity (Wildman–Crippen MR) is 130 cm³/mol. The van der Waals surface area contributed by atoms with Gasteiger partial charge in [-0.15, -0.1) is 0 Å². The van der Waals surface area contributed by atoms with Crippen LogP contribution in [-0.2, 0) is 10.4 Å². The number of hydrogen-bond acceptors (Lipinski definition) is 2. The molecule has 0 aromatic heterocycles. The molecule has 4 aromatic rings. The van der Waals surface area contributed by atoms with Crippen molar-refractivity contribution >= 4 is 5.78 Å². The predicted octanol–water partition coefficient (Wildman–Crippen LogP) is 6.85. The fourth-order valence-corrected chi connectivity index (χ4v) is 4.71. The van der Waals surface area contributed by atoms with Crippen molar-refractivity contribution in [3.63, 3.8) is 0 Å². The highest BCUT2D eigenvalue weighted by molar-refractivity contribution is 6.03. The van der Waals surface area contributed by atoms with E-state index in [4.69, 9.17) is 0 Å². The SMILES string of the molecule is CC(C)(C)C(=O)C1(O)c2cc(-c3ccccc3)ccc2-c2ccc(-c3ccccc3)cc21. The van der Waals surface area contributed by atoms with E-state index < -0.39 is 11.0 Å². The molecule has 32 heavy (non-hydrogen) atoms. The van der Waals surface area contributed by atoms with E-state index in [1.807, 2.05) is 106 Å². The van der Waals surface area contributed by atoms with Gasteiger partial charge in [0.1, 0.15) is 0 Å². The number of carbonyl (C=O) groups excluding carboxylic acids is 1. The van der Waals surface area contributed by atoms with E-state index >= 15 is 0 Å². The Morgan fingerprint density at radius 2 is 1.03 bits per heavy atom. The van der Waals surface area contributed by atoms with E-state index in [0.717, 1.165) is 33.4 Å². The second-order valence-electron chi connectivity index (χ2n) is 9.54. The maximum Gasteiger partial charge on any atom is 0.178 e. The molecule has 158 valence electrons. The highest BCUT2D eigenvalue weighted by Gasteiger charge is 2.51. The molecule has 2 nitrogen and oxygen atoms in total. The Balaban J connectivity index is 1.75. The Morgan fingerprint density at radius 1 is 0.625 bits per heavy atom. The Kier molecular flexibility index (Phi) is 4.65. The van der Waals surface area contributed by atoms with E-state index in [1.165, 1.54) is 0 Å². The third-order valence-corrected chi connectivity index (χ3v) is 6.33. The maximum atomic E-state index is 13.8. The van der Waals surface area contributed by atoms with Crippen molar-refractivity contribution in [3.05, 3.63) is 108 Å². The average molecular weight is 419 g/mol. The van der Waals surface area contributed by atoms with Gasteiger partial charge >= 0.3 is 0 Å². The molecule has 0 amide bonds. The zero-order valence-electron chi connectivity index (χ0n) is 18.6. The van der Waals surface area contributed by atoms with Crippen LogP contribution in [0.15, 0.2) is 97.1 Å². The van der Waals surface area contributed by atoms with Gasteiger partial charge in [0.05, 0.1) is 0 Å². The van der Waals surface area contributed by atoms with Gasteiger partial charge in [-0.3, -0.25) is 4.79 Å². The standard InChI is InChI=1S/C30H26O2/c1-29(2,3)28(31)30(32)26-18-22(20-10-6-4-7-11-20)14-16-24(26)25-17-15-23(19-27(25)30)21-12-8-5-9-13-21/h4-19,32H,1-3H3. The Bertz CT molecular complexity index is 1220. The highest BCUT2D eigenvalue weighted by atomic mass is 16.3.